The molecule has 0 bridgehead atoms. The van der Waals surface area contributed by atoms with E-state index in [1.54, 1.807) is 0 Å². The fourth-order valence-corrected chi connectivity index (χ4v) is 2.64. The Bertz CT molecular complexity index is 334. The van der Waals surface area contributed by atoms with E-state index in [-0.39, 0.29) is 0 Å². The number of aryl methyl sites for hydroxylation is 1. The van der Waals surface area contributed by atoms with Crippen molar-refractivity contribution in [3.05, 3.63) is 18.0 Å². The van der Waals surface area contributed by atoms with E-state index in [9.17, 15) is 0 Å². The fourth-order valence-electron chi connectivity index (χ4n) is 2.64. The highest BCUT2D eigenvalue weighted by Gasteiger charge is 2.26. The van der Waals surface area contributed by atoms with Crippen molar-refractivity contribution in [2.24, 2.45) is 12.8 Å². The van der Waals surface area contributed by atoms with E-state index in [1.165, 1.54) is 24.8 Å². The molecule has 90 valence electrons. The van der Waals surface area contributed by atoms with Gasteiger partial charge in [-0.05, 0) is 19.8 Å². The summed E-state index contributed by atoms with van der Waals surface area (Å²) < 4.78 is 1.86. The van der Waals surface area contributed by atoms with Crippen LogP contribution in [0.2, 0.25) is 0 Å². The zero-order valence-electron chi connectivity index (χ0n) is 10.3. The molecule has 0 saturated carbocycles. The van der Waals surface area contributed by atoms with E-state index in [2.05, 4.69) is 23.1 Å². The maximum absolute atomic E-state index is 5.85. The molecule has 1 fully saturated rings. The summed E-state index contributed by atoms with van der Waals surface area (Å²) in [6, 6.07) is 1.19. The normalized spacial score (nSPS) is 27.2. The van der Waals surface area contributed by atoms with E-state index in [0.29, 0.717) is 12.1 Å². The summed E-state index contributed by atoms with van der Waals surface area (Å²) in [7, 11) is 1.96. The minimum absolute atomic E-state index is 0.545. The second-order valence-electron chi connectivity index (χ2n) is 4.86. The fraction of sp³-hybridized carbons (Fsp3) is 0.750. The van der Waals surface area contributed by atoms with Crippen molar-refractivity contribution in [3.63, 3.8) is 0 Å². The van der Waals surface area contributed by atoms with Gasteiger partial charge in [0.05, 0.1) is 6.20 Å². The number of piperidine rings is 1. The summed E-state index contributed by atoms with van der Waals surface area (Å²) in [4.78, 5) is 2.53. The van der Waals surface area contributed by atoms with E-state index < -0.39 is 0 Å². The van der Waals surface area contributed by atoms with Gasteiger partial charge in [-0.1, -0.05) is 6.42 Å². The number of nitrogens with two attached hydrogens (primary N) is 1. The Balaban J connectivity index is 2.05. The molecule has 2 atom stereocenters. The van der Waals surface area contributed by atoms with Crippen LogP contribution < -0.4 is 5.73 Å². The Kier molecular flexibility index (Phi) is 3.61. The van der Waals surface area contributed by atoms with Crippen molar-refractivity contribution in [1.82, 2.24) is 14.7 Å². The lowest BCUT2D eigenvalue weighted by Crippen LogP contribution is -2.48. The molecule has 0 aliphatic carbocycles. The molecule has 0 spiro atoms. The highest BCUT2D eigenvalue weighted by Crippen LogP contribution is 2.24. The second-order valence-corrected chi connectivity index (χ2v) is 4.86. The van der Waals surface area contributed by atoms with Gasteiger partial charge in [-0.2, -0.15) is 5.10 Å². The van der Waals surface area contributed by atoms with Gasteiger partial charge in [0.2, 0.25) is 0 Å². The molecule has 4 heteroatoms. The maximum Gasteiger partial charge on any atom is 0.0534 e. The molecule has 16 heavy (non-hydrogen) atoms. The Morgan fingerprint density at radius 3 is 2.94 bits per heavy atom. The molecule has 1 aromatic heterocycles. The molecule has 4 nitrogen and oxygen atoms in total. The molecule has 1 aliphatic heterocycles. The van der Waals surface area contributed by atoms with Crippen LogP contribution in [-0.4, -0.2) is 33.3 Å². The molecule has 2 heterocycles. The first kappa shape index (κ1) is 11.6. The van der Waals surface area contributed by atoms with Gasteiger partial charge in [0.1, 0.15) is 0 Å². The van der Waals surface area contributed by atoms with E-state index in [1.807, 2.05) is 17.9 Å². The minimum Gasteiger partial charge on any atom is -0.329 e. The third-order valence-corrected chi connectivity index (χ3v) is 3.59. The van der Waals surface area contributed by atoms with E-state index in [4.69, 9.17) is 5.73 Å². The summed E-state index contributed by atoms with van der Waals surface area (Å²) in [5.74, 6) is 0. The Hall–Kier alpha value is -0.870. The molecule has 1 aliphatic rings. The largest absolute Gasteiger partial charge is 0.329 e. The summed E-state index contributed by atoms with van der Waals surface area (Å²) in [5, 5.41) is 4.22. The first-order chi connectivity index (χ1) is 7.70. The summed E-state index contributed by atoms with van der Waals surface area (Å²) in [6.45, 7) is 4.06. The van der Waals surface area contributed by atoms with Gasteiger partial charge in [-0.25, -0.2) is 0 Å². The molecule has 0 amide bonds. The monoisotopic (exact) mass is 222 g/mol. The highest BCUT2D eigenvalue weighted by atomic mass is 15.3. The zero-order chi connectivity index (χ0) is 11.5. The Labute approximate surface area is 97.4 Å². The van der Waals surface area contributed by atoms with Gasteiger partial charge in [0, 0.05) is 44.0 Å². The first-order valence-corrected chi connectivity index (χ1v) is 6.14. The third kappa shape index (κ3) is 2.44. The van der Waals surface area contributed by atoms with Crippen molar-refractivity contribution in [3.8, 4) is 0 Å². The van der Waals surface area contributed by atoms with Gasteiger partial charge in [0.25, 0.3) is 0 Å². The van der Waals surface area contributed by atoms with Crippen LogP contribution in [0.15, 0.2) is 12.4 Å². The van der Waals surface area contributed by atoms with Crippen molar-refractivity contribution in [2.45, 2.75) is 44.8 Å². The Morgan fingerprint density at radius 2 is 2.31 bits per heavy atom. The molecule has 2 unspecified atom stereocenters. The van der Waals surface area contributed by atoms with Crippen molar-refractivity contribution < 1.29 is 0 Å². The molecule has 2 N–H and O–H groups in total. The predicted molar refractivity (Wildman–Crippen MR) is 64.9 cm³/mol. The molecular weight excluding hydrogens is 200 g/mol. The molecule has 2 rings (SSSR count). The van der Waals surface area contributed by atoms with Crippen LogP contribution in [0.4, 0.5) is 0 Å². The summed E-state index contributed by atoms with van der Waals surface area (Å²) >= 11 is 0. The summed E-state index contributed by atoms with van der Waals surface area (Å²) in [6.07, 6.45) is 7.88. The zero-order valence-corrected chi connectivity index (χ0v) is 10.3. The lowest BCUT2D eigenvalue weighted by Gasteiger charge is -2.40. The van der Waals surface area contributed by atoms with Crippen LogP contribution in [0.25, 0.3) is 0 Å². The molecule has 0 radical (unpaired) electrons. The van der Waals surface area contributed by atoms with E-state index in [0.717, 1.165) is 13.1 Å². The standard InChI is InChI=1S/C12H22N4/c1-10-4-3-5-12(6-13)16(10)9-11-7-14-15(2)8-11/h7-8,10,12H,3-6,9,13H2,1-2H3. The highest BCUT2D eigenvalue weighted by molar-refractivity contribution is 5.04. The van der Waals surface area contributed by atoms with Crippen LogP contribution in [0.1, 0.15) is 31.7 Å². The topological polar surface area (TPSA) is 47.1 Å². The average Bonchev–Trinajstić information content (AvgIpc) is 2.67. The number of aromatic nitrogens is 2. The van der Waals surface area contributed by atoms with Crippen molar-refractivity contribution in [1.29, 1.82) is 0 Å². The van der Waals surface area contributed by atoms with Gasteiger partial charge >= 0.3 is 0 Å². The minimum atomic E-state index is 0.545. The molecule has 1 saturated heterocycles. The van der Waals surface area contributed by atoms with Crippen LogP contribution in [-0.2, 0) is 13.6 Å². The number of likely N-dealkylation sites (tertiary alicyclic amines) is 1. The second kappa shape index (κ2) is 4.97. The van der Waals surface area contributed by atoms with Crippen LogP contribution in [0, 0.1) is 0 Å². The molecule has 0 aromatic carbocycles. The number of hydrogen-bond donors (Lipinski definition) is 1. The predicted octanol–water partition coefficient (Wildman–Crippen LogP) is 1.12. The molecular formula is C12H22N4. The Morgan fingerprint density at radius 1 is 1.50 bits per heavy atom. The lowest BCUT2D eigenvalue weighted by atomic mass is 9.96. The van der Waals surface area contributed by atoms with Gasteiger partial charge in [-0.15, -0.1) is 0 Å². The molecule has 1 aromatic rings. The van der Waals surface area contributed by atoms with Gasteiger partial charge in [0.15, 0.2) is 0 Å². The van der Waals surface area contributed by atoms with E-state index >= 15 is 0 Å². The number of nitrogens with zero attached hydrogens (tertiary/aromatic N) is 3. The SMILES string of the molecule is CC1CCCC(CN)N1Cc1cnn(C)c1. The smallest absolute Gasteiger partial charge is 0.0534 e. The number of hydrogen-bond acceptors (Lipinski definition) is 3. The van der Waals surface area contributed by atoms with Crippen LogP contribution >= 0.6 is 0 Å². The van der Waals surface area contributed by atoms with Crippen molar-refractivity contribution >= 4 is 0 Å². The van der Waals surface area contributed by atoms with Crippen LogP contribution in [0.5, 0.6) is 0 Å². The summed E-state index contributed by atoms with van der Waals surface area (Å²) in [5.41, 5.74) is 7.14. The average molecular weight is 222 g/mol. The van der Waals surface area contributed by atoms with Gasteiger partial charge < -0.3 is 5.73 Å². The lowest BCUT2D eigenvalue weighted by molar-refractivity contribution is 0.0892. The third-order valence-electron chi connectivity index (χ3n) is 3.59. The van der Waals surface area contributed by atoms with Crippen molar-refractivity contribution in [2.75, 3.05) is 6.54 Å². The number of rotatable bonds is 3. The quantitative estimate of drug-likeness (QED) is 0.833. The maximum atomic E-state index is 5.85. The first-order valence-electron chi connectivity index (χ1n) is 6.14. The van der Waals surface area contributed by atoms with Gasteiger partial charge in [-0.3, -0.25) is 9.58 Å². The van der Waals surface area contributed by atoms with Crippen LogP contribution in [0.3, 0.4) is 0 Å².